The number of nitrogens with zero attached hydrogens (tertiary/aromatic N) is 2. The zero-order chi connectivity index (χ0) is 26.5. The van der Waals surface area contributed by atoms with E-state index in [0.717, 1.165) is 27.5 Å². The first kappa shape index (κ1) is 22.7. The minimum Gasteiger partial charge on any atom is -0.487 e. The van der Waals surface area contributed by atoms with Gasteiger partial charge in [-0.05, 0) is 41.9 Å². The normalized spacial score (nSPS) is 12.1. The predicted molar refractivity (Wildman–Crippen MR) is 141 cm³/mol. The molecule has 0 fully saturated rings. The average Bonchev–Trinajstić information content (AvgIpc) is 2.95. The maximum absolute atomic E-state index is 13.0. The van der Waals surface area contributed by atoms with Gasteiger partial charge in [-0.1, -0.05) is 60.7 Å². The van der Waals surface area contributed by atoms with Crippen LogP contribution in [0.5, 0.6) is 5.75 Å². The molecule has 3 aromatic carbocycles. The van der Waals surface area contributed by atoms with Crippen LogP contribution in [-0.4, -0.2) is 35.0 Å². The molecule has 2 heterocycles. The molecular weight excluding hydrogens is 466 g/mol. The van der Waals surface area contributed by atoms with Crippen molar-refractivity contribution in [1.82, 2.24) is 15.3 Å². The van der Waals surface area contributed by atoms with Gasteiger partial charge >= 0.3 is 5.97 Å². The van der Waals surface area contributed by atoms with Crippen molar-refractivity contribution < 1.29 is 20.4 Å². The fourth-order valence-electron chi connectivity index (χ4n) is 3.99. The molecule has 0 spiro atoms. The number of rotatable bonds is 8. The van der Waals surface area contributed by atoms with Crippen LogP contribution in [0.4, 0.5) is 0 Å². The Balaban J connectivity index is 1.25. The second-order valence-corrected chi connectivity index (χ2v) is 8.49. The van der Waals surface area contributed by atoms with E-state index < -0.39 is 17.9 Å². The molecule has 7 heteroatoms. The Hall–Kier alpha value is -4.78. The summed E-state index contributed by atoms with van der Waals surface area (Å²) in [5.41, 5.74) is 3.07. The van der Waals surface area contributed by atoms with Gasteiger partial charge in [-0.2, -0.15) is 0 Å². The van der Waals surface area contributed by atoms with Crippen molar-refractivity contribution in [1.29, 1.82) is 0 Å². The number of pyridine rings is 2. The van der Waals surface area contributed by atoms with E-state index in [2.05, 4.69) is 15.3 Å². The number of para-hydroxylation sites is 2. The lowest BCUT2D eigenvalue weighted by Gasteiger charge is -2.17. The van der Waals surface area contributed by atoms with Crippen molar-refractivity contribution in [3.63, 3.8) is 0 Å². The van der Waals surface area contributed by atoms with Crippen molar-refractivity contribution in [3.8, 4) is 5.75 Å². The quantitative estimate of drug-likeness (QED) is 0.311. The number of ether oxygens (including phenoxy) is 2. The Morgan fingerprint density at radius 2 is 1.54 bits per heavy atom. The van der Waals surface area contributed by atoms with Gasteiger partial charge in [0, 0.05) is 17.2 Å². The highest BCUT2D eigenvalue weighted by Gasteiger charge is 2.23. The van der Waals surface area contributed by atoms with Crippen LogP contribution in [0, 0.1) is 0 Å². The standard InChI is InChI=1S/C30H25N3O4/c1-36-30(35)28(33-29(34)27-17-13-22-7-3-5-9-26(22)32-27)18-20-10-15-24(16-11-20)37-19-23-14-12-21-6-2-4-8-25(21)31-23/h2-17,28H,18-19H2,1H3,(H,33,34)/t28-/m0/s1/i17D. The number of carbonyl (C=O) groups is 2. The summed E-state index contributed by atoms with van der Waals surface area (Å²) in [5, 5.41) is 4.51. The predicted octanol–water partition coefficient (Wildman–Crippen LogP) is 4.88. The molecule has 0 radical (unpaired) electrons. The molecular formula is C30H25N3O4. The molecule has 37 heavy (non-hydrogen) atoms. The lowest BCUT2D eigenvalue weighted by atomic mass is 10.1. The number of nitrogens with one attached hydrogen (secondary N) is 1. The molecule has 0 aliphatic carbocycles. The molecule has 5 rings (SSSR count). The minimum absolute atomic E-state index is 0.0211. The van der Waals surface area contributed by atoms with E-state index in [1.165, 1.54) is 7.11 Å². The number of esters is 1. The SMILES string of the molecule is [2H]c1cc2ccccc2nc1C(=O)N[C@@H](Cc1ccc(OCc2ccc3ccccc3n2)cc1)C(=O)OC. The lowest BCUT2D eigenvalue weighted by Crippen LogP contribution is -2.43. The summed E-state index contributed by atoms with van der Waals surface area (Å²) in [6.45, 7) is 0.319. The number of methoxy groups -OCH3 is 1. The number of benzene rings is 3. The van der Waals surface area contributed by atoms with Crippen LogP contribution in [0.2, 0.25) is 0 Å². The Morgan fingerprint density at radius 1 is 0.865 bits per heavy atom. The topological polar surface area (TPSA) is 90.4 Å². The summed E-state index contributed by atoms with van der Waals surface area (Å²) in [7, 11) is 1.27. The number of amides is 1. The van der Waals surface area contributed by atoms with Gasteiger partial charge in [0.15, 0.2) is 0 Å². The zero-order valence-corrected chi connectivity index (χ0v) is 20.2. The molecule has 2 aromatic heterocycles. The first-order chi connectivity index (χ1) is 18.5. The molecule has 0 aliphatic rings. The molecule has 0 bridgehead atoms. The summed E-state index contributed by atoms with van der Waals surface area (Å²) in [4.78, 5) is 34.4. The molecule has 0 unspecified atom stereocenters. The van der Waals surface area contributed by atoms with Gasteiger partial charge in [-0.15, -0.1) is 0 Å². The molecule has 5 aromatic rings. The van der Waals surface area contributed by atoms with Gasteiger partial charge in [0.1, 0.15) is 24.1 Å². The van der Waals surface area contributed by atoms with Crippen LogP contribution in [-0.2, 0) is 22.6 Å². The van der Waals surface area contributed by atoms with Crippen LogP contribution in [0.1, 0.15) is 23.1 Å². The van der Waals surface area contributed by atoms with Crippen LogP contribution >= 0.6 is 0 Å². The first-order valence-corrected chi connectivity index (χ1v) is 11.8. The van der Waals surface area contributed by atoms with Crippen LogP contribution in [0.15, 0.2) is 97.0 Å². The monoisotopic (exact) mass is 492 g/mol. The Labute approximate surface area is 215 Å². The Morgan fingerprint density at radius 3 is 2.27 bits per heavy atom. The summed E-state index contributed by atoms with van der Waals surface area (Å²) >= 11 is 0. The Bertz CT molecular complexity index is 1620. The van der Waals surface area contributed by atoms with E-state index in [-0.39, 0.29) is 18.2 Å². The van der Waals surface area contributed by atoms with E-state index in [4.69, 9.17) is 10.8 Å². The molecule has 0 aliphatic heterocycles. The fourth-order valence-corrected chi connectivity index (χ4v) is 3.99. The minimum atomic E-state index is -0.950. The average molecular weight is 493 g/mol. The van der Waals surface area contributed by atoms with E-state index in [1.54, 1.807) is 24.3 Å². The summed E-state index contributed by atoms with van der Waals surface area (Å²) in [6, 6.07) is 27.0. The summed E-state index contributed by atoms with van der Waals surface area (Å²) < 4.78 is 19.0. The van der Waals surface area contributed by atoms with E-state index in [0.29, 0.717) is 17.9 Å². The second kappa shape index (κ2) is 10.9. The van der Waals surface area contributed by atoms with Crippen molar-refractivity contribution in [2.45, 2.75) is 19.1 Å². The third kappa shape index (κ3) is 5.73. The fraction of sp³-hybridized carbons (Fsp3) is 0.133. The highest BCUT2D eigenvalue weighted by molar-refractivity contribution is 5.97. The highest BCUT2D eigenvalue weighted by Crippen LogP contribution is 2.18. The van der Waals surface area contributed by atoms with Gasteiger partial charge in [-0.3, -0.25) is 4.79 Å². The smallest absolute Gasteiger partial charge is 0.328 e. The maximum atomic E-state index is 13.0. The highest BCUT2D eigenvalue weighted by atomic mass is 16.5. The van der Waals surface area contributed by atoms with Crippen LogP contribution in [0.25, 0.3) is 21.8 Å². The molecule has 1 atom stereocenters. The van der Waals surface area contributed by atoms with Crippen molar-refractivity contribution in [2.75, 3.05) is 7.11 Å². The van der Waals surface area contributed by atoms with E-state index in [1.807, 2.05) is 66.7 Å². The molecule has 1 amide bonds. The van der Waals surface area contributed by atoms with Gasteiger partial charge in [0.25, 0.3) is 5.91 Å². The van der Waals surface area contributed by atoms with Crippen molar-refractivity contribution in [3.05, 3.63) is 114 Å². The van der Waals surface area contributed by atoms with E-state index >= 15 is 0 Å². The van der Waals surface area contributed by atoms with Crippen molar-refractivity contribution >= 4 is 33.7 Å². The number of fused-ring (bicyclic) bond motifs is 2. The first-order valence-electron chi connectivity index (χ1n) is 12.3. The third-order valence-electron chi connectivity index (χ3n) is 5.95. The van der Waals surface area contributed by atoms with E-state index in [9.17, 15) is 9.59 Å². The van der Waals surface area contributed by atoms with Crippen molar-refractivity contribution in [2.24, 2.45) is 0 Å². The second-order valence-electron chi connectivity index (χ2n) is 8.49. The summed E-state index contributed by atoms with van der Waals surface area (Å²) in [5.74, 6) is -0.547. The maximum Gasteiger partial charge on any atom is 0.328 e. The molecule has 1 N–H and O–H groups in total. The molecule has 0 saturated carbocycles. The lowest BCUT2D eigenvalue weighted by molar-refractivity contribution is -0.142. The number of aromatic nitrogens is 2. The third-order valence-corrected chi connectivity index (χ3v) is 5.95. The van der Waals surface area contributed by atoms with Gasteiger partial charge in [0.2, 0.25) is 0 Å². The van der Waals surface area contributed by atoms with Gasteiger partial charge in [0.05, 0.1) is 25.2 Å². The largest absolute Gasteiger partial charge is 0.487 e. The van der Waals surface area contributed by atoms with Crippen LogP contribution < -0.4 is 10.1 Å². The number of carbonyl (C=O) groups excluding carboxylic acids is 2. The number of hydrogen-bond acceptors (Lipinski definition) is 6. The van der Waals surface area contributed by atoms with Gasteiger partial charge < -0.3 is 14.8 Å². The molecule has 184 valence electrons. The van der Waals surface area contributed by atoms with Crippen LogP contribution in [0.3, 0.4) is 0 Å². The summed E-state index contributed by atoms with van der Waals surface area (Å²) in [6.07, 6.45) is 0.200. The number of hydrogen-bond donors (Lipinski definition) is 1. The molecule has 0 saturated heterocycles. The Kier molecular flexibility index (Phi) is 6.66. The van der Waals surface area contributed by atoms with Gasteiger partial charge in [-0.25, -0.2) is 14.8 Å². The molecule has 7 nitrogen and oxygen atoms in total. The zero-order valence-electron chi connectivity index (χ0n) is 21.2.